The summed E-state index contributed by atoms with van der Waals surface area (Å²) in [4.78, 5) is 3.85. The molecule has 0 N–H and O–H groups in total. The molecule has 0 saturated heterocycles. The molecule has 2 aromatic rings. The molecule has 0 saturated carbocycles. The minimum absolute atomic E-state index is 0.0212. The molecular weight excluding hydrogens is 273 g/mol. The van der Waals surface area contributed by atoms with Crippen LogP contribution < -0.4 is 4.74 Å². The number of halogens is 2. The summed E-state index contributed by atoms with van der Waals surface area (Å²) >= 11 is 3.13. The number of aromatic nitrogens is 1. The van der Waals surface area contributed by atoms with Crippen molar-refractivity contribution in [3.63, 3.8) is 0 Å². The van der Waals surface area contributed by atoms with Crippen LogP contribution >= 0.6 is 15.9 Å². The molecule has 0 aliphatic rings. The lowest BCUT2D eigenvalue weighted by atomic mass is 10.2. The van der Waals surface area contributed by atoms with Crippen molar-refractivity contribution in [2.45, 2.75) is 6.92 Å². The minimum atomic E-state index is -0.491. The van der Waals surface area contributed by atoms with Gasteiger partial charge in [0, 0.05) is 10.7 Å². The summed E-state index contributed by atoms with van der Waals surface area (Å²) in [6.07, 6.45) is 1.49. The number of rotatable bonds is 2. The lowest BCUT2D eigenvalue weighted by Gasteiger charge is -2.05. The molecule has 0 aliphatic carbocycles. The van der Waals surface area contributed by atoms with Crippen LogP contribution in [0.5, 0.6) is 11.6 Å². The topological polar surface area (TPSA) is 22.1 Å². The number of hydrogen-bond acceptors (Lipinski definition) is 2. The molecule has 0 atom stereocenters. The molecule has 2 nitrogen and oxygen atoms in total. The zero-order valence-corrected chi connectivity index (χ0v) is 10.2. The van der Waals surface area contributed by atoms with E-state index in [-0.39, 0.29) is 5.88 Å². The monoisotopic (exact) mass is 281 g/mol. The van der Waals surface area contributed by atoms with Gasteiger partial charge in [-0.3, -0.25) is 0 Å². The van der Waals surface area contributed by atoms with Crippen molar-refractivity contribution in [2.24, 2.45) is 0 Å². The highest BCUT2D eigenvalue weighted by Gasteiger charge is 2.06. The number of benzene rings is 1. The van der Waals surface area contributed by atoms with Crippen molar-refractivity contribution in [1.82, 2.24) is 4.98 Å². The van der Waals surface area contributed by atoms with Crippen LogP contribution in [0.25, 0.3) is 0 Å². The molecule has 82 valence electrons. The van der Waals surface area contributed by atoms with Gasteiger partial charge < -0.3 is 4.74 Å². The van der Waals surface area contributed by atoms with Crippen molar-refractivity contribution in [2.75, 3.05) is 0 Å². The van der Waals surface area contributed by atoms with Crippen LogP contribution in [-0.4, -0.2) is 4.98 Å². The fourth-order valence-corrected chi connectivity index (χ4v) is 1.50. The van der Waals surface area contributed by atoms with E-state index in [1.807, 2.05) is 19.1 Å². The molecule has 0 bridgehead atoms. The molecule has 4 heteroatoms. The van der Waals surface area contributed by atoms with Crippen molar-refractivity contribution in [1.29, 1.82) is 0 Å². The fraction of sp³-hybridized carbons (Fsp3) is 0.0833. The second-order valence-electron chi connectivity index (χ2n) is 3.36. The van der Waals surface area contributed by atoms with E-state index >= 15 is 0 Å². The predicted octanol–water partition coefficient (Wildman–Crippen LogP) is 4.08. The van der Waals surface area contributed by atoms with Crippen LogP contribution in [0.1, 0.15) is 5.56 Å². The summed E-state index contributed by atoms with van der Waals surface area (Å²) in [5.74, 6) is 0.0568. The lowest BCUT2D eigenvalue weighted by molar-refractivity contribution is 0.422. The third-order valence-electron chi connectivity index (χ3n) is 2.01. The van der Waals surface area contributed by atoms with Gasteiger partial charge >= 0.3 is 0 Å². The van der Waals surface area contributed by atoms with Gasteiger partial charge in [-0.1, -0.05) is 17.7 Å². The van der Waals surface area contributed by atoms with Crippen molar-refractivity contribution < 1.29 is 9.13 Å². The average Bonchev–Trinajstić information content (AvgIpc) is 2.25. The first kappa shape index (κ1) is 11.1. The van der Waals surface area contributed by atoms with Gasteiger partial charge in [0.15, 0.2) is 5.82 Å². The van der Waals surface area contributed by atoms with Crippen LogP contribution in [0.3, 0.4) is 0 Å². The average molecular weight is 282 g/mol. The second kappa shape index (κ2) is 4.61. The van der Waals surface area contributed by atoms with Gasteiger partial charge in [0.25, 0.3) is 5.88 Å². The molecule has 1 aromatic carbocycles. The highest BCUT2D eigenvalue weighted by Crippen LogP contribution is 2.24. The summed E-state index contributed by atoms with van der Waals surface area (Å²) in [7, 11) is 0. The minimum Gasteiger partial charge on any atom is -0.436 e. The SMILES string of the molecule is Cc1ccc(Oc2ncc(Br)cc2F)cc1. The Morgan fingerprint density at radius 1 is 1.25 bits per heavy atom. The van der Waals surface area contributed by atoms with Gasteiger partial charge in [0.1, 0.15) is 5.75 Å². The fourth-order valence-electron chi connectivity index (χ4n) is 1.20. The first-order chi connectivity index (χ1) is 7.65. The third kappa shape index (κ3) is 2.58. The second-order valence-corrected chi connectivity index (χ2v) is 4.27. The van der Waals surface area contributed by atoms with Crippen molar-refractivity contribution in [3.05, 3.63) is 52.4 Å². The summed E-state index contributed by atoms with van der Waals surface area (Å²) < 4.78 is 19.3. The van der Waals surface area contributed by atoms with Gasteiger partial charge in [-0.05, 0) is 41.1 Å². The van der Waals surface area contributed by atoms with Gasteiger partial charge in [0.05, 0.1) is 0 Å². The molecule has 0 radical (unpaired) electrons. The molecular formula is C12H9BrFNO. The Kier molecular flexibility index (Phi) is 3.19. The summed E-state index contributed by atoms with van der Waals surface area (Å²) in [6.45, 7) is 1.97. The van der Waals surface area contributed by atoms with Crippen molar-refractivity contribution in [3.8, 4) is 11.6 Å². The predicted molar refractivity (Wildman–Crippen MR) is 63.1 cm³/mol. The van der Waals surface area contributed by atoms with E-state index in [9.17, 15) is 4.39 Å². The maximum atomic E-state index is 13.4. The van der Waals surface area contributed by atoms with E-state index in [4.69, 9.17) is 4.74 Å². The Bertz CT molecular complexity index is 499. The standard InChI is InChI=1S/C12H9BrFNO/c1-8-2-4-10(5-3-8)16-12-11(14)6-9(13)7-15-12/h2-7H,1H3. The molecule has 2 rings (SSSR count). The maximum absolute atomic E-state index is 13.4. The summed E-state index contributed by atoms with van der Waals surface area (Å²) in [6, 6.07) is 8.66. The van der Waals surface area contributed by atoms with Gasteiger partial charge in [-0.15, -0.1) is 0 Å². The van der Waals surface area contributed by atoms with E-state index in [2.05, 4.69) is 20.9 Å². The van der Waals surface area contributed by atoms with Crippen LogP contribution in [-0.2, 0) is 0 Å². The Morgan fingerprint density at radius 2 is 1.94 bits per heavy atom. The number of aryl methyl sites for hydroxylation is 1. The largest absolute Gasteiger partial charge is 0.436 e. The molecule has 0 spiro atoms. The Morgan fingerprint density at radius 3 is 2.56 bits per heavy atom. The van der Waals surface area contributed by atoms with Crippen molar-refractivity contribution >= 4 is 15.9 Å². The molecule has 1 heterocycles. The third-order valence-corrected chi connectivity index (χ3v) is 2.44. The van der Waals surface area contributed by atoms with Crippen LogP contribution in [0.15, 0.2) is 41.0 Å². The lowest BCUT2D eigenvalue weighted by Crippen LogP contribution is -1.91. The Hall–Kier alpha value is -1.42. The highest BCUT2D eigenvalue weighted by atomic mass is 79.9. The van der Waals surface area contributed by atoms with Gasteiger partial charge in [0.2, 0.25) is 0 Å². The normalized spacial score (nSPS) is 10.2. The van der Waals surface area contributed by atoms with Gasteiger partial charge in [-0.25, -0.2) is 9.37 Å². The molecule has 0 unspecified atom stereocenters. The zero-order valence-electron chi connectivity index (χ0n) is 8.58. The Balaban J connectivity index is 2.23. The maximum Gasteiger partial charge on any atom is 0.255 e. The molecule has 16 heavy (non-hydrogen) atoms. The smallest absolute Gasteiger partial charge is 0.255 e. The van der Waals surface area contributed by atoms with Crippen LogP contribution in [0.4, 0.5) is 4.39 Å². The number of hydrogen-bond donors (Lipinski definition) is 0. The summed E-state index contributed by atoms with van der Waals surface area (Å²) in [5, 5.41) is 0. The molecule has 1 aromatic heterocycles. The van der Waals surface area contributed by atoms with E-state index < -0.39 is 5.82 Å². The zero-order chi connectivity index (χ0) is 11.5. The van der Waals surface area contributed by atoms with E-state index in [1.54, 1.807) is 12.1 Å². The van der Waals surface area contributed by atoms with E-state index in [0.29, 0.717) is 10.2 Å². The van der Waals surface area contributed by atoms with Gasteiger partial charge in [-0.2, -0.15) is 0 Å². The number of pyridine rings is 1. The van der Waals surface area contributed by atoms with E-state index in [0.717, 1.165) is 5.56 Å². The molecule has 0 fully saturated rings. The highest BCUT2D eigenvalue weighted by molar-refractivity contribution is 9.10. The Labute approximate surface area is 101 Å². The first-order valence-electron chi connectivity index (χ1n) is 4.71. The molecule has 0 aliphatic heterocycles. The number of ether oxygens (including phenoxy) is 1. The van der Waals surface area contributed by atoms with Crippen LogP contribution in [0, 0.1) is 12.7 Å². The first-order valence-corrected chi connectivity index (χ1v) is 5.50. The van der Waals surface area contributed by atoms with Crippen LogP contribution in [0.2, 0.25) is 0 Å². The van der Waals surface area contributed by atoms with E-state index in [1.165, 1.54) is 12.3 Å². The number of nitrogens with zero attached hydrogens (tertiary/aromatic N) is 1. The molecule has 0 amide bonds. The summed E-state index contributed by atoms with van der Waals surface area (Å²) in [5.41, 5.74) is 1.12. The quantitative estimate of drug-likeness (QED) is 0.827.